The van der Waals surface area contributed by atoms with Gasteiger partial charge in [-0.2, -0.15) is 0 Å². The van der Waals surface area contributed by atoms with Gasteiger partial charge < -0.3 is 15.8 Å². The standard InChI is InChI=1S/C13H10Br3FN2O/c1-20-13-5-11(7(15)2-8(13)16)19-12-4-9(17)6(14)3-10(12)18/h2-5,19H,18H2,1H3. The van der Waals surface area contributed by atoms with Crippen LogP contribution in [0.4, 0.5) is 21.5 Å². The number of rotatable bonds is 3. The van der Waals surface area contributed by atoms with E-state index in [1.807, 2.05) is 6.07 Å². The van der Waals surface area contributed by atoms with E-state index in [0.29, 0.717) is 21.6 Å². The van der Waals surface area contributed by atoms with Gasteiger partial charge in [0.05, 0.1) is 33.1 Å². The molecule has 7 heteroatoms. The molecule has 0 amide bonds. The molecule has 2 aromatic carbocycles. The summed E-state index contributed by atoms with van der Waals surface area (Å²) in [5.74, 6) is 0.272. The van der Waals surface area contributed by atoms with E-state index in [4.69, 9.17) is 10.5 Å². The zero-order chi connectivity index (χ0) is 14.9. The fraction of sp³-hybridized carbons (Fsp3) is 0.0769. The quantitative estimate of drug-likeness (QED) is 0.589. The highest BCUT2D eigenvalue weighted by atomic mass is 79.9. The molecule has 0 saturated carbocycles. The molecule has 0 atom stereocenters. The van der Waals surface area contributed by atoms with Crippen LogP contribution in [0.2, 0.25) is 0 Å². The van der Waals surface area contributed by atoms with Crippen molar-refractivity contribution in [2.75, 3.05) is 18.2 Å². The Bertz CT molecular complexity index is 665. The van der Waals surface area contributed by atoms with Gasteiger partial charge in [-0.05, 0) is 59.9 Å². The number of hydrogen-bond donors (Lipinski definition) is 2. The third kappa shape index (κ3) is 3.27. The average molecular weight is 469 g/mol. The molecule has 3 nitrogen and oxygen atoms in total. The van der Waals surface area contributed by atoms with Gasteiger partial charge >= 0.3 is 0 Å². The van der Waals surface area contributed by atoms with Gasteiger partial charge in [-0.3, -0.25) is 0 Å². The second-order valence-electron chi connectivity index (χ2n) is 3.95. The van der Waals surface area contributed by atoms with E-state index in [1.165, 1.54) is 12.1 Å². The molecule has 106 valence electrons. The molecular formula is C13H10Br3FN2O. The zero-order valence-corrected chi connectivity index (χ0v) is 15.1. The third-order valence-electron chi connectivity index (χ3n) is 2.60. The van der Waals surface area contributed by atoms with Gasteiger partial charge in [-0.1, -0.05) is 0 Å². The molecule has 2 aromatic rings. The Kier molecular flexibility index (Phi) is 4.93. The number of ether oxygens (including phenoxy) is 1. The Labute approximate surface area is 141 Å². The summed E-state index contributed by atoms with van der Waals surface area (Å²) in [4.78, 5) is 0. The first-order valence-electron chi connectivity index (χ1n) is 5.47. The van der Waals surface area contributed by atoms with Crippen molar-refractivity contribution in [1.29, 1.82) is 0 Å². The topological polar surface area (TPSA) is 47.3 Å². The summed E-state index contributed by atoms with van der Waals surface area (Å²) in [6, 6.07) is 6.47. The van der Waals surface area contributed by atoms with Gasteiger partial charge in [0, 0.05) is 16.6 Å². The third-order valence-corrected chi connectivity index (χ3v) is 4.49. The van der Waals surface area contributed by atoms with Crippen LogP contribution in [0.5, 0.6) is 5.75 Å². The Morgan fingerprint density at radius 3 is 2.35 bits per heavy atom. The number of halogens is 4. The minimum Gasteiger partial charge on any atom is -0.495 e. The van der Waals surface area contributed by atoms with E-state index in [2.05, 4.69) is 53.1 Å². The van der Waals surface area contributed by atoms with Crippen molar-refractivity contribution < 1.29 is 9.13 Å². The minimum atomic E-state index is -0.387. The second-order valence-corrected chi connectivity index (χ2v) is 6.51. The molecular weight excluding hydrogens is 459 g/mol. The maximum absolute atomic E-state index is 13.6. The zero-order valence-electron chi connectivity index (χ0n) is 10.3. The smallest absolute Gasteiger partial charge is 0.139 e. The first kappa shape index (κ1) is 15.6. The van der Waals surface area contributed by atoms with Gasteiger partial charge in [0.1, 0.15) is 11.6 Å². The van der Waals surface area contributed by atoms with Crippen molar-refractivity contribution in [3.63, 3.8) is 0 Å². The van der Waals surface area contributed by atoms with Crippen LogP contribution >= 0.6 is 47.8 Å². The lowest BCUT2D eigenvalue weighted by Crippen LogP contribution is -1.99. The van der Waals surface area contributed by atoms with Crippen molar-refractivity contribution in [3.05, 3.63) is 43.5 Å². The molecule has 20 heavy (non-hydrogen) atoms. The average Bonchev–Trinajstić information content (AvgIpc) is 2.38. The van der Waals surface area contributed by atoms with Gasteiger partial charge in [0.2, 0.25) is 0 Å². The maximum Gasteiger partial charge on any atom is 0.139 e. The Balaban J connectivity index is 2.42. The molecule has 0 aliphatic rings. The summed E-state index contributed by atoms with van der Waals surface area (Å²) in [7, 11) is 1.57. The van der Waals surface area contributed by atoms with Crippen LogP contribution in [0.1, 0.15) is 0 Å². The highest BCUT2D eigenvalue weighted by Gasteiger charge is 2.11. The molecule has 3 N–H and O–H groups in total. The number of anilines is 3. The SMILES string of the molecule is COc1cc(Nc2cc(F)c(Br)cc2N)c(Br)cc1Br. The lowest BCUT2D eigenvalue weighted by atomic mass is 10.2. The van der Waals surface area contributed by atoms with E-state index >= 15 is 0 Å². The van der Waals surface area contributed by atoms with Crippen molar-refractivity contribution in [2.45, 2.75) is 0 Å². The van der Waals surface area contributed by atoms with E-state index in [1.54, 1.807) is 13.2 Å². The van der Waals surface area contributed by atoms with Crippen LogP contribution in [0.25, 0.3) is 0 Å². The fourth-order valence-electron chi connectivity index (χ4n) is 1.60. The van der Waals surface area contributed by atoms with Gasteiger partial charge in [0.15, 0.2) is 0 Å². The van der Waals surface area contributed by atoms with Crippen LogP contribution in [0, 0.1) is 5.82 Å². The summed E-state index contributed by atoms with van der Waals surface area (Å²) in [6.45, 7) is 0. The van der Waals surface area contributed by atoms with Crippen LogP contribution in [-0.2, 0) is 0 Å². The summed E-state index contributed by atoms with van der Waals surface area (Å²) in [6.07, 6.45) is 0. The first-order chi connectivity index (χ1) is 9.42. The van der Waals surface area contributed by atoms with Crippen molar-refractivity contribution in [3.8, 4) is 5.75 Å². The number of hydrogen-bond acceptors (Lipinski definition) is 3. The van der Waals surface area contributed by atoms with E-state index in [9.17, 15) is 4.39 Å². The molecule has 0 aromatic heterocycles. The molecule has 0 fully saturated rings. The van der Waals surface area contributed by atoms with Crippen LogP contribution in [0.3, 0.4) is 0 Å². The summed E-state index contributed by atoms with van der Waals surface area (Å²) in [5, 5.41) is 3.08. The molecule has 0 saturated heterocycles. The molecule has 0 bridgehead atoms. The van der Waals surface area contributed by atoms with Crippen LogP contribution < -0.4 is 15.8 Å². The predicted octanol–water partition coefficient (Wildman–Crippen LogP) is 5.45. The Morgan fingerprint density at radius 2 is 1.70 bits per heavy atom. The Morgan fingerprint density at radius 1 is 1.00 bits per heavy atom. The predicted molar refractivity (Wildman–Crippen MR) is 90.2 cm³/mol. The minimum absolute atomic E-state index is 0.327. The first-order valence-corrected chi connectivity index (χ1v) is 7.85. The van der Waals surface area contributed by atoms with Gasteiger partial charge in [-0.15, -0.1) is 0 Å². The van der Waals surface area contributed by atoms with Gasteiger partial charge in [0.25, 0.3) is 0 Å². The largest absolute Gasteiger partial charge is 0.495 e. The summed E-state index contributed by atoms with van der Waals surface area (Å²) < 4.78 is 20.8. The van der Waals surface area contributed by atoms with Crippen molar-refractivity contribution in [2.24, 2.45) is 0 Å². The Hall–Kier alpha value is -0.790. The lowest BCUT2D eigenvalue weighted by molar-refractivity contribution is 0.412. The van der Waals surface area contributed by atoms with Crippen LogP contribution in [-0.4, -0.2) is 7.11 Å². The number of benzene rings is 2. The van der Waals surface area contributed by atoms with E-state index < -0.39 is 0 Å². The van der Waals surface area contributed by atoms with Crippen molar-refractivity contribution in [1.82, 2.24) is 0 Å². The van der Waals surface area contributed by atoms with E-state index in [-0.39, 0.29) is 5.82 Å². The summed E-state index contributed by atoms with van der Waals surface area (Å²) >= 11 is 9.92. The monoisotopic (exact) mass is 466 g/mol. The molecule has 2 rings (SSSR count). The van der Waals surface area contributed by atoms with Gasteiger partial charge in [-0.25, -0.2) is 4.39 Å². The number of nitrogen functional groups attached to an aromatic ring is 1. The molecule has 0 unspecified atom stereocenters. The normalized spacial score (nSPS) is 10.4. The fourth-order valence-corrected chi connectivity index (χ4v) is 3.21. The number of methoxy groups -OCH3 is 1. The highest BCUT2D eigenvalue weighted by Crippen LogP contribution is 2.37. The maximum atomic E-state index is 13.6. The van der Waals surface area contributed by atoms with E-state index in [0.717, 1.165) is 14.6 Å². The second kappa shape index (κ2) is 6.32. The molecule has 0 aliphatic heterocycles. The van der Waals surface area contributed by atoms with Crippen LogP contribution in [0.15, 0.2) is 37.7 Å². The number of nitrogens with one attached hydrogen (secondary N) is 1. The highest BCUT2D eigenvalue weighted by molar-refractivity contribution is 9.11. The molecule has 0 aliphatic carbocycles. The lowest BCUT2D eigenvalue weighted by Gasteiger charge is -2.14. The van der Waals surface area contributed by atoms with Crippen molar-refractivity contribution >= 4 is 64.9 Å². The molecule has 0 heterocycles. The summed E-state index contributed by atoms with van der Waals surface area (Å²) in [5.41, 5.74) is 7.51. The molecule has 0 radical (unpaired) electrons. The molecule has 0 spiro atoms. The number of nitrogens with two attached hydrogens (primary N) is 1.